The van der Waals surface area contributed by atoms with Crippen LogP contribution in [0, 0.1) is 47.3 Å². The zero-order chi connectivity index (χ0) is 51.0. The van der Waals surface area contributed by atoms with E-state index in [4.69, 9.17) is 9.47 Å². The highest BCUT2D eigenvalue weighted by molar-refractivity contribution is 5.98. The van der Waals surface area contributed by atoms with Gasteiger partial charge in [0.15, 0.2) is 0 Å². The first-order valence-corrected chi connectivity index (χ1v) is 22.9. The zero-order valence-corrected chi connectivity index (χ0v) is 42.7. The second-order valence-corrected chi connectivity index (χ2v) is 20.5. The van der Waals surface area contributed by atoms with Crippen molar-refractivity contribution in [2.75, 3.05) is 7.11 Å². The average molecular weight is 925 g/mol. The quantitative estimate of drug-likeness (QED) is 0.0653. The maximum absolute atomic E-state index is 14.0. The number of esters is 1. The van der Waals surface area contributed by atoms with Crippen molar-refractivity contribution in [1.29, 1.82) is 0 Å². The molecule has 19 heteroatoms. The largest absolute Gasteiger partial charge is 0.467 e. The van der Waals surface area contributed by atoms with E-state index in [9.17, 15) is 43.2 Å². The van der Waals surface area contributed by atoms with Gasteiger partial charge in [-0.05, 0) is 68.1 Å². The Kier molecular flexibility index (Phi) is 24.8. The van der Waals surface area contributed by atoms with Crippen LogP contribution in [0.5, 0.6) is 0 Å². The molecule has 8 atom stereocenters. The van der Waals surface area contributed by atoms with Crippen molar-refractivity contribution in [3.05, 3.63) is 0 Å². The number of ether oxygens (including phenoxy) is 2. The third kappa shape index (κ3) is 20.0. The van der Waals surface area contributed by atoms with Crippen LogP contribution in [-0.4, -0.2) is 114 Å². The van der Waals surface area contributed by atoms with Gasteiger partial charge in [0.1, 0.15) is 53.9 Å². The van der Waals surface area contributed by atoms with Crippen LogP contribution in [0.15, 0.2) is 0 Å². The molecule has 0 saturated heterocycles. The van der Waals surface area contributed by atoms with E-state index in [-0.39, 0.29) is 11.8 Å². The molecule has 0 rings (SSSR count). The second-order valence-electron chi connectivity index (χ2n) is 20.5. The first-order valence-electron chi connectivity index (χ1n) is 22.9. The Balaban J connectivity index is 6.25. The fourth-order valence-electron chi connectivity index (χ4n) is 6.51. The van der Waals surface area contributed by atoms with Crippen molar-refractivity contribution in [3.8, 4) is 0 Å². The fourth-order valence-corrected chi connectivity index (χ4v) is 6.51. The van der Waals surface area contributed by atoms with E-state index in [1.807, 2.05) is 0 Å². The molecule has 0 bridgehead atoms. The van der Waals surface area contributed by atoms with Gasteiger partial charge in [-0.15, -0.1) is 0 Å². The van der Waals surface area contributed by atoms with Gasteiger partial charge in [-0.3, -0.25) is 33.6 Å². The van der Waals surface area contributed by atoms with Crippen molar-refractivity contribution < 1.29 is 52.6 Å². The first-order chi connectivity index (χ1) is 29.7. The van der Waals surface area contributed by atoms with Crippen LogP contribution < -0.4 is 42.5 Å². The van der Waals surface area contributed by atoms with Crippen LogP contribution in [-0.2, 0) is 47.8 Å². The molecule has 8 amide bonds. The lowest BCUT2D eigenvalue weighted by Gasteiger charge is -2.32. The normalized spacial score (nSPS) is 15.6. The molecule has 0 aliphatic heterocycles. The van der Waals surface area contributed by atoms with E-state index in [0.29, 0.717) is 0 Å². The summed E-state index contributed by atoms with van der Waals surface area (Å²) in [5.74, 6) is -8.64. The lowest BCUT2D eigenvalue weighted by molar-refractivity contribution is -0.147. The molecule has 0 aliphatic carbocycles. The molecule has 0 saturated carbocycles. The molecule has 0 spiro atoms. The van der Waals surface area contributed by atoms with E-state index >= 15 is 0 Å². The predicted octanol–water partition coefficient (Wildman–Crippen LogP) is 2.69. The van der Waals surface area contributed by atoms with Gasteiger partial charge in [-0.25, -0.2) is 9.59 Å². The molecule has 0 aromatic carbocycles. The third-order valence-corrected chi connectivity index (χ3v) is 10.5. The molecule has 374 valence electrons. The summed E-state index contributed by atoms with van der Waals surface area (Å²) in [5, 5.41) is 21.6. The van der Waals surface area contributed by atoms with Gasteiger partial charge in [0.25, 0.3) is 0 Å². The summed E-state index contributed by atoms with van der Waals surface area (Å²) in [4.78, 5) is 121. The second kappa shape index (κ2) is 26.9. The lowest BCUT2D eigenvalue weighted by atomic mass is 9.96. The number of hydrogen-bond acceptors (Lipinski definition) is 11. The highest BCUT2D eigenvalue weighted by Gasteiger charge is 2.39. The number of carbonyl (C=O) groups excluding carboxylic acids is 9. The number of rotatable bonds is 24. The Bertz CT molecular complexity index is 1640. The fraction of sp³-hybridized carbons (Fsp3) is 0.804. The van der Waals surface area contributed by atoms with Crippen molar-refractivity contribution in [3.63, 3.8) is 0 Å². The first kappa shape index (κ1) is 60.0. The summed E-state index contributed by atoms with van der Waals surface area (Å²) in [6, 6.07) is -8.79. The van der Waals surface area contributed by atoms with Gasteiger partial charge in [0.2, 0.25) is 41.4 Å². The number of carbonyl (C=O) groups is 9. The molecule has 0 aliphatic rings. The van der Waals surface area contributed by atoms with Crippen LogP contribution in [0.25, 0.3) is 0 Å². The van der Waals surface area contributed by atoms with Gasteiger partial charge in [-0.1, -0.05) is 111 Å². The highest BCUT2D eigenvalue weighted by Crippen LogP contribution is 2.15. The Hall–Kier alpha value is -4.97. The van der Waals surface area contributed by atoms with Crippen LogP contribution in [0.3, 0.4) is 0 Å². The molecule has 0 unspecified atom stereocenters. The summed E-state index contributed by atoms with van der Waals surface area (Å²) in [6.45, 7) is 32.5. The molecule has 19 nitrogen and oxygen atoms in total. The minimum atomic E-state index is -1.17. The van der Waals surface area contributed by atoms with E-state index in [1.165, 1.54) is 7.11 Å². The predicted molar refractivity (Wildman–Crippen MR) is 247 cm³/mol. The molecule has 0 heterocycles. The molecule has 8 N–H and O–H groups in total. The molecular formula is C46H84N8O11. The third-order valence-electron chi connectivity index (χ3n) is 10.5. The topological polar surface area (TPSA) is 268 Å². The van der Waals surface area contributed by atoms with Gasteiger partial charge in [0.05, 0.1) is 7.11 Å². The number of amides is 8. The summed E-state index contributed by atoms with van der Waals surface area (Å²) < 4.78 is 10.2. The van der Waals surface area contributed by atoms with Crippen molar-refractivity contribution in [1.82, 2.24) is 42.5 Å². The van der Waals surface area contributed by atoms with E-state index in [1.54, 1.807) is 132 Å². The van der Waals surface area contributed by atoms with E-state index < -0.39 is 143 Å². The van der Waals surface area contributed by atoms with E-state index in [2.05, 4.69) is 42.5 Å². The van der Waals surface area contributed by atoms with Crippen molar-refractivity contribution in [2.45, 2.75) is 185 Å². The SMILES string of the molecule is COC(=O)[C@@H](NC(=O)[C@@H](NC(=O)[C@@H](NC(=O)[C@@H](NC(=O)[C@@H](NC(=O)[C@@H](NC(=O)[C@@H](NC(=O)[C@@H](NC(=O)OC(C)(C)C)C(C)C)C(C)C)C(C)C)C(C)C)C(C)C)C(C)C)C(C)C)C(C)C. The Labute approximate surface area is 387 Å². The summed E-state index contributed by atoms with van der Waals surface area (Å²) in [5.41, 5.74) is -0.805. The standard InChI is InChI=1S/C46H84N8O11/c1-21(2)29(48-39(57)31(23(5)6)50-41(59)33(25(9)10)52-43(61)35(27(13)14)54-45(63)65-46(17,18)19)37(55)47-30(22(3)4)38(56)49-32(24(7)8)40(58)51-34(26(11)12)42(60)53-36(28(15)16)44(62)64-20/h21-36H,1-20H3,(H,47,55)(H,48,57)(H,49,56)(H,50,59)(H,51,58)(H,52,61)(H,53,60)(H,54,63)/t29-,30-,31-,32-,33-,34-,35-,36-/m0/s1. The molecule has 0 aromatic rings. The van der Waals surface area contributed by atoms with Crippen LogP contribution in [0.2, 0.25) is 0 Å². The van der Waals surface area contributed by atoms with Crippen LogP contribution >= 0.6 is 0 Å². The van der Waals surface area contributed by atoms with E-state index in [0.717, 1.165) is 0 Å². The molecule has 0 aromatic heterocycles. The number of nitrogens with one attached hydrogen (secondary N) is 8. The molecule has 65 heavy (non-hydrogen) atoms. The molecular weight excluding hydrogens is 841 g/mol. The molecule has 0 radical (unpaired) electrons. The van der Waals surface area contributed by atoms with Crippen LogP contribution in [0.1, 0.15) is 132 Å². The lowest BCUT2D eigenvalue weighted by Crippen LogP contribution is -2.63. The Morgan fingerprint density at radius 3 is 0.631 bits per heavy atom. The van der Waals surface area contributed by atoms with Gasteiger partial charge >= 0.3 is 12.1 Å². The van der Waals surface area contributed by atoms with Gasteiger partial charge in [-0.2, -0.15) is 0 Å². The summed E-state index contributed by atoms with van der Waals surface area (Å²) in [7, 11) is 1.21. The number of methoxy groups -OCH3 is 1. The zero-order valence-electron chi connectivity index (χ0n) is 42.7. The smallest absolute Gasteiger partial charge is 0.408 e. The highest BCUT2D eigenvalue weighted by atomic mass is 16.6. The summed E-state index contributed by atoms with van der Waals surface area (Å²) >= 11 is 0. The molecule has 0 fully saturated rings. The monoisotopic (exact) mass is 925 g/mol. The Morgan fingerprint density at radius 2 is 0.477 bits per heavy atom. The Morgan fingerprint density at radius 1 is 0.308 bits per heavy atom. The number of hydrogen-bond donors (Lipinski definition) is 8. The summed E-state index contributed by atoms with van der Waals surface area (Å²) in [6.07, 6.45) is -0.794. The van der Waals surface area contributed by atoms with Gasteiger partial charge < -0.3 is 52.0 Å². The van der Waals surface area contributed by atoms with Crippen molar-refractivity contribution >= 4 is 53.4 Å². The minimum absolute atomic E-state index is 0.299. The number of alkyl carbamates (subject to hydrolysis) is 1. The van der Waals surface area contributed by atoms with Gasteiger partial charge in [0, 0.05) is 0 Å². The van der Waals surface area contributed by atoms with Crippen molar-refractivity contribution in [2.24, 2.45) is 47.3 Å². The van der Waals surface area contributed by atoms with Crippen LogP contribution in [0.4, 0.5) is 4.79 Å². The average Bonchev–Trinajstić information content (AvgIpc) is 3.16. The minimum Gasteiger partial charge on any atom is -0.467 e. The maximum Gasteiger partial charge on any atom is 0.408 e. The maximum atomic E-state index is 14.0.